The van der Waals surface area contributed by atoms with Gasteiger partial charge in [-0.1, -0.05) is 13.3 Å². The smallest absolute Gasteiger partial charge is 0.313 e. The largest absolute Gasteiger partial charge is 0.472 e. The van der Waals surface area contributed by atoms with Crippen LogP contribution in [0.25, 0.3) is 0 Å². The van der Waals surface area contributed by atoms with E-state index in [9.17, 15) is 14.7 Å². The number of hydrogen-bond donors (Lipinski definition) is 1. The van der Waals surface area contributed by atoms with Crippen LogP contribution in [0.2, 0.25) is 0 Å². The molecule has 2 saturated carbocycles. The number of hydrogen-bond acceptors (Lipinski definition) is 6. The summed E-state index contributed by atoms with van der Waals surface area (Å²) in [7, 11) is 0. The Balaban J connectivity index is 1.60. The SMILES string of the molecule is C[C@@H]1C[C@H](O)[C@@]23COC(=O)[C@@H]2CCC[C@@H]3[C@@]12C[C@@H](c1ccoc1)OC2=O. The summed E-state index contributed by atoms with van der Waals surface area (Å²) in [4.78, 5) is 25.6. The molecule has 4 aliphatic rings. The van der Waals surface area contributed by atoms with E-state index in [0.29, 0.717) is 12.8 Å². The number of aliphatic hydroxyl groups excluding tert-OH is 1. The molecule has 0 amide bonds. The molecule has 2 spiro atoms. The summed E-state index contributed by atoms with van der Waals surface area (Å²) in [5, 5.41) is 11.0. The Labute approximate surface area is 151 Å². The minimum Gasteiger partial charge on any atom is -0.472 e. The third kappa shape index (κ3) is 1.81. The quantitative estimate of drug-likeness (QED) is 0.775. The van der Waals surface area contributed by atoms with Crippen LogP contribution in [0.1, 0.15) is 50.7 Å². The lowest BCUT2D eigenvalue weighted by atomic mass is 9.43. The maximum Gasteiger partial charge on any atom is 0.313 e. The van der Waals surface area contributed by atoms with Gasteiger partial charge in [0.25, 0.3) is 0 Å². The molecule has 1 aromatic heterocycles. The molecule has 2 aliphatic heterocycles. The average Bonchev–Trinajstić information content (AvgIpc) is 3.33. The first-order valence-electron chi connectivity index (χ1n) is 9.58. The standard InChI is InChI=1S/C20H24O6/c1-11-7-16(21)20-10-25-17(22)13(20)3-2-4-15(20)19(11)8-14(26-18(19)23)12-5-6-24-9-12/h5-6,9,11,13-16,21H,2-4,7-8,10H2,1H3/t11-,13+,14+,15-,16+,19-,20+/m1/s1. The van der Waals surface area contributed by atoms with Crippen LogP contribution in [0.4, 0.5) is 0 Å². The van der Waals surface area contributed by atoms with E-state index in [-0.39, 0.29) is 42.4 Å². The molecule has 0 unspecified atom stereocenters. The summed E-state index contributed by atoms with van der Waals surface area (Å²) in [5.41, 5.74) is -0.450. The number of carbonyl (C=O) groups is 2. The van der Waals surface area contributed by atoms with Gasteiger partial charge in [0.05, 0.1) is 30.0 Å². The summed E-state index contributed by atoms with van der Waals surface area (Å²) < 4.78 is 16.4. The number of furan rings is 1. The van der Waals surface area contributed by atoms with E-state index >= 15 is 0 Å². The van der Waals surface area contributed by atoms with Gasteiger partial charge >= 0.3 is 11.9 Å². The molecule has 0 aromatic carbocycles. The van der Waals surface area contributed by atoms with Crippen LogP contribution in [0, 0.1) is 28.6 Å². The van der Waals surface area contributed by atoms with Crippen molar-refractivity contribution in [1.82, 2.24) is 0 Å². The number of cyclic esters (lactones) is 2. The van der Waals surface area contributed by atoms with Gasteiger partial charge < -0.3 is 19.0 Å². The molecule has 3 heterocycles. The topological polar surface area (TPSA) is 86.0 Å². The maximum absolute atomic E-state index is 13.2. The zero-order chi connectivity index (χ0) is 18.1. The van der Waals surface area contributed by atoms with E-state index in [1.54, 1.807) is 12.5 Å². The first kappa shape index (κ1) is 16.4. The van der Waals surface area contributed by atoms with Crippen LogP contribution >= 0.6 is 0 Å². The van der Waals surface area contributed by atoms with Crippen molar-refractivity contribution in [2.45, 2.75) is 51.2 Å². The van der Waals surface area contributed by atoms with Crippen LogP contribution in [-0.2, 0) is 19.1 Å². The predicted octanol–water partition coefficient (Wildman–Crippen LogP) is 2.61. The fraction of sp³-hybridized carbons (Fsp3) is 0.700. The number of rotatable bonds is 1. The van der Waals surface area contributed by atoms with Crippen LogP contribution in [-0.4, -0.2) is 29.8 Å². The van der Waals surface area contributed by atoms with Crippen molar-refractivity contribution in [2.75, 3.05) is 6.61 Å². The summed E-state index contributed by atoms with van der Waals surface area (Å²) in [5.74, 6) is -0.805. The normalized spacial score (nSPS) is 47.4. The highest BCUT2D eigenvalue weighted by Gasteiger charge is 2.72. The minimum absolute atomic E-state index is 0.00743. The Bertz CT molecular complexity index is 741. The Morgan fingerprint density at radius 3 is 2.88 bits per heavy atom. The minimum atomic E-state index is -0.673. The summed E-state index contributed by atoms with van der Waals surface area (Å²) in [6, 6.07) is 1.83. The number of fused-ring (bicyclic) bond motifs is 1. The molecule has 2 saturated heterocycles. The van der Waals surface area contributed by atoms with E-state index in [1.165, 1.54) is 0 Å². The third-order valence-electron chi connectivity index (χ3n) is 7.80. The summed E-state index contributed by atoms with van der Waals surface area (Å²) in [6.07, 6.45) is 5.77. The highest BCUT2D eigenvalue weighted by atomic mass is 16.6. The van der Waals surface area contributed by atoms with E-state index < -0.39 is 16.9 Å². The molecule has 2 aliphatic carbocycles. The second-order valence-corrected chi connectivity index (χ2v) is 8.60. The highest BCUT2D eigenvalue weighted by molar-refractivity contribution is 5.82. The van der Waals surface area contributed by atoms with E-state index in [0.717, 1.165) is 24.8 Å². The third-order valence-corrected chi connectivity index (χ3v) is 7.80. The molecule has 6 nitrogen and oxygen atoms in total. The van der Waals surface area contributed by atoms with Crippen molar-refractivity contribution in [2.24, 2.45) is 28.6 Å². The number of ether oxygens (including phenoxy) is 2. The maximum atomic E-state index is 13.2. The molecule has 26 heavy (non-hydrogen) atoms. The average molecular weight is 360 g/mol. The second-order valence-electron chi connectivity index (χ2n) is 8.60. The number of esters is 2. The zero-order valence-electron chi connectivity index (χ0n) is 14.8. The molecular weight excluding hydrogens is 336 g/mol. The molecule has 7 atom stereocenters. The van der Waals surface area contributed by atoms with Crippen LogP contribution < -0.4 is 0 Å². The molecule has 0 bridgehead atoms. The summed E-state index contributed by atoms with van der Waals surface area (Å²) >= 11 is 0. The van der Waals surface area contributed by atoms with Crippen molar-refractivity contribution >= 4 is 11.9 Å². The van der Waals surface area contributed by atoms with Gasteiger partial charge in [0.2, 0.25) is 0 Å². The van der Waals surface area contributed by atoms with Crippen LogP contribution in [0.15, 0.2) is 23.0 Å². The summed E-state index contributed by atoms with van der Waals surface area (Å²) in [6.45, 7) is 2.26. The van der Waals surface area contributed by atoms with E-state index in [2.05, 4.69) is 0 Å². The van der Waals surface area contributed by atoms with Gasteiger partial charge in [-0.25, -0.2) is 0 Å². The Hall–Kier alpha value is -1.82. The lowest BCUT2D eigenvalue weighted by Gasteiger charge is -2.58. The molecular formula is C20H24O6. The molecule has 1 N–H and O–H groups in total. The zero-order valence-corrected chi connectivity index (χ0v) is 14.8. The monoisotopic (exact) mass is 360 g/mol. The van der Waals surface area contributed by atoms with Gasteiger partial charge in [-0.15, -0.1) is 0 Å². The van der Waals surface area contributed by atoms with E-state index in [1.807, 2.05) is 13.0 Å². The van der Waals surface area contributed by atoms with E-state index in [4.69, 9.17) is 13.9 Å². The van der Waals surface area contributed by atoms with Crippen molar-refractivity contribution in [3.63, 3.8) is 0 Å². The van der Waals surface area contributed by atoms with Gasteiger partial charge in [-0.05, 0) is 37.2 Å². The van der Waals surface area contributed by atoms with Gasteiger partial charge in [0.1, 0.15) is 12.7 Å². The fourth-order valence-electron chi connectivity index (χ4n) is 6.55. The fourth-order valence-corrected chi connectivity index (χ4v) is 6.55. The molecule has 5 rings (SSSR count). The predicted molar refractivity (Wildman–Crippen MR) is 88.6 cm³/mol. The van der Waals surface area contributed by atoms with Crippen LogP contribution in [0.5, 0.6) is 0 Å². The van der Waals surface area contributed by atoms with Crippen molar-refractivity contribution in [1.29, 1.82) is 0 Å². The van der Waals surface area contributed by atoms with Crippen molar-refractivity contribution in [3.8, 4) is 0 Å². The first-order valence-corrected chi connectivity index (χ1v) is 9.58. The van der Waals surface area contributed by atoms with Crippen LogP contribution in [0.3, 0.4) is 0 Å². The lowest BCUT2D eigenvalue weighted by molar-refractivity contribution is -0.191. The van der Waals surface area contributed by atoms with Crippen molar-refractivity contribution in [3.05, 3.63) is 24.2 Å². The van der Waals surface area contributed by atoms with Gasteiger partial charge in [-0.2, -0.15) is 0 Å². The Morgan fingerprint density at radius 2 is 2.12 bits per heavy atom. The molecule has 140 valence electrons. The van der Waals surface area contributed by atoms with Gasteiger partial charge in [0.15, 0.2) is 0 Å². The first-order chi connectivity index (χ1) is 12.5. The molecule has 0 radical (unpaired) electrons. The van der Waals surface area contributed by atoms with Gasteiger partial charge in [-0.3, -0.25) is 9.59 Å². The molecule has 6 heteroatoms. The Morgan fingerprint density at radius 1 is 1.27 bits per heavy atom. The molecule has 4 fully saturated rings. The van der Waals surface area contributed by atoms with Crippen molar-refractivity contribution < 1.29 is 28.6 Å². The second kappa shape index (κ2) is 5.35. The number of carbonyl (C=O) groups excluding carboxylic acids is 2. The highest BCUT2D eigenvalue weighted by Crippen LogP contribution is 2.68. The van der Waals surface area contributed by atoms with Gasteiger partial charge in [0, 0.05) is 17.4 Å². The number of aliphatic hydroxyl groups is 1. The molecule has 1 aromatic rings. The lowest BCUT2D eigenvalue weighted by Crippen LogP contribution is -2.63. The Kier molecular flexibility index (Phi) is 3.36.